The third-order valence-corrected chi connectivity index (χ3v) is 2.62. The Bertz CT molecular complexity index is 429. The van der Waals surface area contributed by atoms with Gasteiger partial charge in [0.1, 0.15) is 0 Å². The Morgan fingerprint density at radius 2 is 1.44 bits per heavy atom. The van der Waals surface area contributed by atoms with Gasteiger partial charge in [0, 0.05) is 0 Å². The number of halogens is 3. The number of benzene rings is 2. The van der Waals surface area contributed by atoms with Crippen molar-refractivity contribution < 1.29 is 58.9 Å². The summed E-state index contributed by atoms with van der Waals surface area (Å²) in [6.45, 7) is 0. The van der Waals surface area contributed by atoms with E-state index in [9.17, 15) is 0 Å². The van der Waals surface area contributed by atoms with E-state index >= 15 is 0 Å². The molecular formula is C14H12Cl3Ti-2. The van der Waals surface area contributed by atoms with Crippen LogP contribution in [0.5, 0.6) is 0 Å². The second-order valence-corrected chi connectivity index (χ2v) is 3.40. The molecule has 0 saturated heterocycles. The van der Waals surface area contributed by atoms with Crippen LogP contribution in [0.3, 0.4) is 0 Å². The van der Waals surface area contributed by atoms with Crippen molar-refractivity contribution in [2.24, 2.45) is 0 Å². The van der Waals surface area contributed by atoms with E-state index in [2.05, 4.69) is 42.5 Å². The first-order valence-electron chi connectivity index (χ1n) is 4.53. The third-order valence-electron chi connectivity index (χ3n) is 2.62. The van der Waals surface area contributed by atoms with Gasteiger partial charge in [0.25, 0.3) is 0 Å². The van der Waals surface area contributed by atoms with Gasteiger partial charge in [-0.2, -0.15) is 29.8 Å². The zero-order chi connectivity index (χ0) is 8.67. The average Bonchev–Trinajstić information content (AvgIpc) is 2.56. The van der Waals surface area contributed by atoms with Crippen LogP contribution in [0.4, 0.5) is 0 Å². The maximum Gasteiger partial charge on any atom is 3.00 e. The van der Waals surface area contributed by atoms with Gasteiger partial charge in [0.15, 0.2) is 0 Å². The van der Waals surface area contributed by atoms with Crippen LogP contribution in [0.2, 0.25) is 0 Å². The Hall–Kier alpha value is 0.0243. The summed E-state index contributed by atoms with van der Waals surface area (Å²) in [4.78, 5) is 0. The van der Waals surface area contributed by atoms with Crippen molar-refractivity contribution in [3.8, 4) is 11.1 Å². The first kappa shape index (κ1) is 23.1. The quantitative estimate of drug-likeness (QED) is 0.284. The molecular weight excluding hydrogens is 322 g/mol. The molecule has 2 aromatic rings. The van der Waals surface area contributed by atoms with Gasteiger partial charge in [-0.05, 0) is 6.42 Å². The van der Waals surface area contributed by atoms with Gasteiger partial charge in [-0.3, -0.25) is 0 Å². The van der Waals surface area contributed by atoms with Gasteiger partial charge in [-0.15, -0.1) is 5.56 Å². The molecule has 0 atom stereocenters. The molecule has 0 N–H and O–H groups in total. The second-order valence-electron chi connectivity index (χ2n) is 3.40. The van der Waals surface area contributed by atoms with Crippen LogP contribution in [-0.4, -0.2) is 0 Å². The van der Waals surface area contributed by atoms with E-state index in [0.717, 1.165) is 6.42 Å². The molecule has 0 amide bonds. The molecule has 0 aromatic heterocycles. The van der Waals surface area contributed by atoms with E-state index in [-0.39, 0.29) is 66.4 Å². The zero-order valence-electron chi connectivity index (χ0n) is 9.88. The Kier molecular flexibility index (Phi) is 12.7. The van der Waals surface area contributed by atoms with Crippen LogP contribution in [-0.2, 0) is 28.1 Å². The fraction of sp³-hybridized carbons (Fsp3) is 0.0714. The van der Waals surface area contributed by atoms with E-state index in [4.69, 9.17) is 0 Å². The summed E-state index contributed by atoms with van der Waals surface area (Å²) in [6, 6.07) is 18.1. The predicted octanol–water partition coefficient (Wildman–Crippen LogP) is -5.48. The molecule has 1 radical (unpaired) electrons. The molecule has 1 aliphatic rings. The van der Waals surface area contributed by atoms with E-state index in [1.54, 1.807) is 0 Å². The van der Waals surface area contributed by atoms with Crippen LogP contribution >= 0.6 is 0 Å². The molecule has 95 valence electrons. The van der Waals surface area contributed by atoms with Crippen molar-refractivity contribution in [3.05, 3.63) is 67.1 Å². The molecule has 0 unspecified atom stereocenters. The number of fused-ring (bicyclic) bond motifs is 3. The first-order valence-corrected chi connectivity index (χ1v) is 4.53. The minimum atomic E-state index is 0. The van der Waals surface area contributed by atoms with Crippen molar-refractivity contribution in [2.45, 2.75) is 6.42 Å². The van der Waals surface area contributed by atoms with E-state index in [0.29, 0.717) is 0 Å². The van der Waals surface area contributed by atoms with E-state index in [1.807, 2.05) is 6.07 Å². The monoisotopic (exact) mass is 333 g/mol. The van der Waals surface area contributed by atoms with E-state index in [1.165, 1.54) is 22.3 Å². The summed E-state index contributed by atoms with van der Waals surface area (Å²) >= 11 is 0. The molecule has 18 heavy (non-hydrogen) atoms. The topological polar surface area (TPSA) is 0 Å². The predicted molar refractivity (Wildman–Crippen MR) is 59.9 cm³/mol. The smallest absolute Gasteiger partial charge is 1.00 e. The Balaban J connectivity index is -0.000000450. The van der Waals surface area contributed by atoms with Crippen molar-refractivity contribution in [3.63, 3.8) is 0 Å². The minimum absolute atomic E-state index is 0. The zero-order valence-corrected chi connectivity index (χ0v) is 13.7. The SMILES string of the molecule is [CH3-].[Cl-].[Cl-].[Cl-].[Ti+3].[c-]1cccc2c1Cc1ccccc1-2. The molecule has 1 aliphatic carbocycles. The van der Waals surface area contributed by atoms with Crippen LogP contribution < -0.4 is 37.2 Å². The Labute approximate surface area is 143 Å². The molecule has 2 aromatic carbocycles. The molecule has 3 rings (SSSR count). The summed E-state index contributed by atoms with van der Waals surface area (Å²) < 4.78 is 0. The summed E-state index contributed by atoms with van der Waals surface area (Å²) in [5.41, 5.74) is 5.51. The summed E-state index contributed by atoms with van der Waals surface area (Å²) in [7, 11) is 0. The van der Waals surface area contributed by atoms with Gasteiger partial charge in [0.05, 0.1) is 0 Å². The number of hydrogen-bond acceptors (Lipinski definition) is 0. The average molecular weight is 334 g/mol. The molecule has 0 heterocycles. The van der Waals surface area contributed by atoms with Crippen molar-refractivity contribution >= 4 is 0 Å². The Morgan fingerprint density at radius 1 is 0.833 bits per heavy atom. The summed E-state index contributed by atoms with van der Waals surface area (Å²) in [5.74, 6) is 0. The molecule has 0 saturated carbocycles. The summed E-state index contributed by atoms with van der Waals surface area (Å²) in [5, 5.41) is 0. The third kappa shape index (κ3) is 4.01. The largest absolute Gasteiger partial charge is 3.00 e. The maximum absolute atomic E-state index is 3.30. The fourth-order valence-corrected chi connectivity index (χ4v) is 2.00. The first-order chi connectivity index (χ1) is 6.45. The van der Waals surface area contributed by atoms with Crippen LogP contribution in [0.25, 0.3) is 11.1 Å². The van der Waals surface area contributed by atoms with E-state index < -0.39 is 0 Å². The van der Waals surface area contributed by atoms with Gasteiger partial charge in [-0.1, -0.05) is 35.4 Å². The molecule has 0 bridgehead atoms. The second kappa shape index (κ2) is 9.89. The van der Waals surface area contributed by atoms with Gasteiger partial charge in [-0.25, -0.2) is 0 Å². The normalized spacial score (nSPS) is 8.89. The van der Waals surface area contributed by atoms with Crippen LogP contribution in [0.15, 0.2) is 42.5 Å². The number of hydrogen-bond donors (Lipinski definition) is 0. The molecule has 0 nitrogen and oxygen atoms in total. The van der Waals surface area contributed by atoms with Crippen molar-refractivity contribution in [2.75, 3.05) is 0 Å². The summed E-state index contributed by atoms with van der Waals surface area (Å²) in [6.07, 6.45) is 1.05. The minimum Gasteiger partial charge on any atom is -1.00 e. The molecule has 0 spiro atoms. The molecule has 0 aliphatic heterocycles. The van der Waals surface area contributed by atoms with Crippen molar-refractivity contribution in [1.82, 2.24) is 0 Å². The van der Waals surface area contributed by atoms with Crippen molar-refractivity contribution in [1.29, 1.82) is 0 Å². The Morgan fingerprint density at radius 3 is 2.17 bits per heavy atom. The van der Waals surface area contributed by atoms with Crippen LogP contribution in [0.1, 0.15) is 11.1 Å². The fourth-order valence-electron chi connectivity index (χ4n) is 2.00. The standard InChI is InChI=1S/C13H9.CH3.3ClH.Ti/c1-3-7-12-10(5-1)9-11-6-2-4-8-13(11)12;;;;;/h1-5,7-8H,9H2;1H3;3*1H;/q2*-1;;;;+3/p-3. The number of rotatable bonds is 0. The van der Waals surface area contributed by atoms with Gasteiger partial charge < -0.3 is 44.6 Å². The van der Waals surface area contributed by atoms with Crippen LogP contribution in [0, 0.1) is 13.5 Å². The molecule has 0 fully saturated rings. The van der Waals surface area contributed by atoms with Gasteiger partial charge >= 0.3 is 21.7 Å². The maximum atomic E-state index is 3.30. The van der Waals surface area contributed by atoms with Gasteiger partial charge in [0.2, 0.25) is 0 Å². The molecule has 4 heteroatoms.